The molecule has 0 saturated heterocycles. The normalized spacial score (nSPS) is 12.7. The van der Waals surface area contributed by atoms with Gasteiger partial charge >= 0.3 is 0 Å². The van der Waals surface area contributed by atoms with E-state index in [-0.39, 0.29) is 12.4 Å². The lowest BCUT2D eigenvalue weighted by atomic mass is 10.3. The van der Waals surface area contributed by atoms with Crippen LogP contribution < -0.4 is 5.73 Å². The van der Waals surface area contributed by atoms with Crippen LogP contribution in [0.15, 0.2) is 16.8 Å². The molecule has 1 atom stereocenters. The van der Waals surface area contributed by atoms with Gasteiger partial charge in [0.15, 0.2) is 0 Å². The van der Waals surface area contributed by atoms with Crippen LogP contribution in [0.4, 0.5) is 0 Å². The van der Waals surface area contributed by atoms with Gasteiger partial charge in [-0.05, 0) is 13.0 Å². The van der Waals surface area contributed by atoms with E-state index >= 15 is 0 Å². The molecule has 0 radical (unpaired) electrons. The minimum absolute atomic E-state index is 0.0322. The van der Waals surface area contributed by atoms with E-state index in [1.807, 2.05) is 0 Å². The van der Waals surface area contributed by atoms with Gasteiger partial charge in [-0.25, -0.2) is 9.97 Å². The van der Waals surface area contributed by atoms with Crippen molar-refractivity contribution in [2.45, 2.75) is 13.0 Å². The molecule has 0 aliphatic heterocycles. The van der Waals surface area contributed by atoms with E-state index in [1.165, 1.54) is 0 Å². The number of rotatable bonds is 3. The van der Waals surface area contributed by atoms with Crippen molar-refractivity contribution in [1.82, 2.24) is 20.1 Å². The summed E-state index contributed by atoms with van der Waals surface area (Å²) in [6.45, 7) is 1.80. The third kappa shape index (κ3) is 2.05. The Morgan fingerprint density at radius 1 is 1.50 bits per heavy atom. The molecule has 3 N–H and O–H groups in total. The van der Waals surface area contributed by atoms with Crippen LogP contribution in [0.25, 0.3) is 11.5 Å². The molecule has 0 aliphatic carbocycles. The average Bonchev–Trinajstić information content (AvgIpc) is 2.77. The molecule has 2 heterocycles. The topological polar surface area (TPSA) is 111 Å². The van der Waals surface area contributed by atoms with E-state index < -0.39 is 6.10 Å². The summed E-state index contributed by atoms with van der Waals surface area (Å²) in [6, 6.07) is 1.66. The van der Waals surface area contributed by atoms with Crippen LogP contribution in [0, 0.1) is 6.92 Å². The largest absolute Gasteiger partial charge is 0.382 e. The molecule has 2 aromatic rings. The first-order valence-corrected chi connectivity index (χ1v) is 4.72. The van der Waals surface area contributed by atoms with Crippen LogP contribution in [0.2, 0.25) is 0 Å². The molecule has 0 amide bonds. The zero-order valence-electron chi connectivity index (χ0n) is 8.66. The number of nitrogens with two attached hydrogens (primary N) is 1. The molecule has 0 fully saturated rings. The Morgan fingerprint density at radius 2 is 2.31 bits per heavy atom. The zero-order valence-corrected chi connectivity index (χ0v) is 8.66. The van der Waals surface area contributed by atoms with Gasteiger partial charge in [0.25, 0.3) is 5.89 Å². The van der Waals surface area contributed by atoms with Gasteiger partial charge in [-0.15, -0.1) is 0 Å². The number of aromatic nitrogens is 4. The lowest BCUT2D eigenvalue weighted by Gasteiger charge is -1.98. The van der Waals surface area contributed by atoms with Crippen molar-refractivity contribution in [2.24, 2.45) is 5.73 Å². The summed E-state index contributed by atoms with van der Waals surface area (Å²) in [5.74, 6) is 1.02. The van der Waals surface area contributed by atoms with Gasteiger partial charge in [0.2, 0.25) is 5.82 Å². The second kappa shape index (κ2) is 4.33. The standard InChI is InChI=1S/C9H11N5O2/c1-5-11-3-2-6(12-5)8-13-9(16-14-8)7(15)4-10/h2-3,7,15H,4,10H2,1H3/t7-/m0/s1. The molecule has 2 aromatic heterocycles. The number of aliphatic hydroxyl groups is 1. The maximum absolute atomic E-state index is 9.39. The van der Waals surface area contributed by atoms with Gasteiger partial charge in [-0.2, -0.15) is 4.98 Å². The Morgan fingerprint density at radius 3 is 3.00 bits per heavy atom. The molecule has 7 heteroatoms. The lowest BCUT2D eigenvalue weighted by molar-refractivity contribution is 0.141. The van der Waals surface area contributed by atoms with Crippen LogP contribution in [-0.2, 0) is 0 Å². The molecule has 0 unspecified atom stereocenters. The van der Waals surface area contributed by atoms with Crippen LogP contribution in [0.5, 0.6) is 0 Å². The molecule has 16 heavy (non-hydrogen) atoms. The number of nitrogens with zero attached hydrogens (tertiary/aromatic N) is 4. The third-order valence-electron chi connectivity index (χ3n) is 1.96. The third-order valence-corrected chi connectivity index (χ3v) is 1.96. The second-order valence-corrected chi connectivity index (χ2v) is 3.20. The fourth-order valence-electron chi connectivity index (χ4n) is 1.16. The first-order chi connectivity index (χ1) is 7.70. The van der Waals surface area contributed by atoms with Crippen LogP contribution in [0.3, 0.4) is 0 Å². The molecule has 7 nitrogen and oxygen atoms in total. The molecular weight excluding hydrogens is 210 g/mol. The fourth-order valence-corrected chi connectivity index (χ4v) is 1.16. The molecule has 0 aliphatic rings. The summed E-state index contributed by atoms with van der Waals surface area (Å²) >= 11 is 0. The molecule has 0 spiro atoms. The summed E-state index contributed by atoms with van der Waals surface area (Å²) in [5, 5.41) is 13.1. The number of aryl methyl sites for hydroxylation is 1. The molecule has 0 saturated carbocycles. The van der Waals surface area contributed by atoms with E-state index in [4.69, 9.17) is 10.3 Å². The highest BCUT2D eigenvalue weighted by atomic mass is 16.5. The molecule has 0 aromatic carbocycles. The Balaban J connectivity index is 2.31. The summed E-state index contributed by atoms with van der Waals surface area (Å²) < 4.78 is 4.86. The van der Waals surface area contributed by atoms with Gasteiger partial charge < -0.3 is 15.4 Å². The summed E-state index contributed by atoms with van der Waals surface area (Å²) in [6.07, 6.45) is 0.664. The summed E-state index contributed by atoms with van der Waals surface area (Å²) in [5.41, 5.74) is 5.82. The Bertz CT molecular complexity index is 484. The van der Waals surface area contributed by atoms with Gasteiger partial charge in [-0.1, -0.05) is 5.16 Å². The highest BCUT2D eigenvalue weighted by Crippen LogP contribution is 2.15. The first kappa shape index (κ1) is 10.7. The van der Waals surface area contributed by atoms with E-state index in [0.717, 1.165) is 0 Å². The Labute approximate surface area is 91.3 Å². The van der Waals surface area contributed by atoms with Crippen molar-refractivity contribution >= 4 is 0 Å². The number of hydrogen-bond acceptors (Lipinski definition) is 7. The van der Waals surface area contributed by atoms with Gasteiger partial charge in [-0.3, -0.25) is 0 Å². The minimum Gasteiger partial charge on any atom is -0.382 e. The van der Waals surface area contributed by atoms with Gasteiger partial charge in [0.05, 0.1) is 0 Å². The van der Waals surface area contributed by atoms with Crippen molar-refractivity contribution in [1.29, 1.82) is 0 Å². The van der Waals surface area contributed by atoms with E-state index in [9.17, 15) is 5.11 Å². The van der Waals surface area contributed by atoms with Crippen molar-refractivity contribution in [3.05, 3.63) is 24.0 Å². The van der Waals surface area contributed by atoms with Crippen molar-refractivity contribution in [3.63, 3.8) is 0 Å². The van der Waals surface area contributed by atoms with Gasteiger partial charge in [0.1, 0.15) is 17.6 Å². The smallest absolute Gasteiger partial charge is 0.257 e. The van der Waals surface area contributed by atoms with Crippen molar-refractivity contribution in [3.8, 4) is 11.5 Å². The first-order valence-electron chi connectivity index (χ1n) is 4.72. The SMILES string of the molecule is Cc1nccc(-c2noc([C@@H](O)CN)n2)n1. The molecule has 84 valence electrons. The Hall–Kier alpha value is -1.86. The second-order valence-electron chi connectivity index (χ2n) is 3.20. The Kier molecular flexibility index (Phi) is 2.88. The van der Waals surface area contributed by atoms with E-state index in [1.54, 1.807) is 19.2 Å². The maximum Gasteiger partial charge on any atom is 0.257 e. The fraction of sp³-hybridized carbons (Fsp3) is 0.333. The van der Waals surface area contributed by atoms with Crippen LogP contribution in [0.1, 0.15) is 17.8 Å². The van der Waals surface area contributed by atoms with E-state index in [0.29, 0.717) is 17.3 Å². The predicted molar refractivity (Wildman–Crippen MR) is 54.1 cm³/mol. The van der Waals surface area contributed by atoms with Crippen LogP contribution >= 0.6 is 0 Å². The highest BCUT2D eigenvalue weighted by Gasteiger charge is 2.15. The summed E-state index contributed by atoms with van der Waals surface area (Å²) in [4.78, 5) is 12.1. The molecule has 0 bridgehead atoms. The summed E-state index contributed by atoms with van der Waals surface area (Å²) in [7, 11) is 0. The highest BCUT2D eigenvalue weighted by molar-refractivity contribution is 5.46. The zero-order chi connectivity index (χ0) is 11.5. The quantitative estimate of drug-likeness (QED) is 0.739. The monoisotopic (exact) mass is 221 g/mol. The van der Waals surface area contributed by atoms with E-state index in [2.05, 4.69) is 20.1 Å². The van der Waals surface area contributed by atoms with Crippen molar-refractivity contribution < 1.29 is 9.63 Å². The molecular formula is C9H11N5O2. The van der Waals surface area contributed by atoms with Gasteiger partial charge in [0, 0.05) is 12.7 Å². The number of aliphatic hydroxyl groups excluding tert-OH is 1. The lowest BCUT2D eigenvalue weighted by Crippen LogP contribution is -2.11. The maximum atomic E-state index is 9.39. The van der Waals surface area contributed by atoms with Crippen LogP contribution in [-0.4, -0.2) is 31.8 Å². The van der Waals surface area contributed by atoms with Crippen molar-refractivity contribution in [2.75, 3.05) is 6.54 Å². The minimum atomic E-state index is -0.941. The predicted octanol–water partition coefficient (Wildman–Crippen LogP) is -0.173. The number of hydrogen-bond donors (Lipinski definition) is 2. The molecule has 2 rings (SSSR count). The average molecular weight is 221 g/mol.